The molecular formula is C13H14F4N2O3S. The Balaban J connectivity index is 1.98. The van der Waals surface area contributed by atoms with Crippen molar-refractivity contribution in [1.82, 2.24) is 4.90 Å². The van der Waals surface area contributed by atoms with Gasteiger partial charge in [0, 0.05) is 18.8 Å². The van der Waals surface area contributed by atoms with E-state index >= 15 is 0 Å². The largest absolute Gasteiger partial charge is 0.419 e. The lowest BCUT2D eigenvalue weighted by Gasteiger charge is -2.25. The molecule has 1 amide bonds. The molecule has 1 fully saturated rings. The van der Waals surface area contributed by atoms with Gasteiger partial charge in [-0.05, 0) is 18.2 Å². The second-order valence-corrected chi connectivity index (χ2v) is 7.47. The van der Waals surface area contributed by atoms with Crippen LogP contribution in [0.4, 0.5) is 23.2 Å². The predicted octanol–water partition coefficient (Wildman–Crippen LogP) is 1.51. The van der Waals surface area contributed by atoms with E-state index in [2.05, 4.69) is 5.32 Å². The number of sulfone groups is 1. The molecule has 0 radical (unpaired) electrons. The van der Waals surface area contributed by atoms with Crippen LogP contribution < -0.4 is 5.32 Å². The van der Waals surface area contributed by atoms with Crippen LogP contribution in [-0.2, 0) is 20.8 Å². The first-order valence-electron chi connectivity index (χ1n) is 6.66. The molecule has 1 saturated heterocycles. The quantitative estimate of drug-likeness (QED) is 0.836. The first kappa shape index (κ1) is 17.7. The summed E-state index contributed by atoms with van der Waals surface area (Å²) in [5.41, 5.74) is -1.63. The van der Waals surface area contributed by atoms with Crippen molar-refractivity contribution in [1.29, 1.82) is 0 Å². The summed E-state index contributed by atoms with van der Waals surface area (Å²) >= 11 is 0. The molecule has 0 saturated carbocycles. The molecule has 1 aliphatic heterocycles. The van der Waals surface area contributed by atoms with Crippen LogP contribution in [0, 0.1) is 5.82 Å². The third-order valence-corrected chi connectivity index (χ3v) is 4.97. The smallest absolute Gasteiger partial charge is 0.325 e. The molecule has 1 aromatic carbocycles. The molecule has 23 heavy (non-hydrogen) atoms. The Morgan fingerprint density at radius 2 is 1.83 bits per heavy atom. The highest BCUT2D eigenvalue weighted by Gasteiger charge is 2.34. The molecule has 2 rings (SSSR count). The van der Waals surface area contributed by atoms with Crippen molar-refractivity contribution in [3.05, 3.63) is 29.6 Å². The maximum absolute atomic E-state index is 13.2. The molecule has 0 aromatic heterocycles. The number of hydrogen-bond donors (Lipinski definition) is 1. The zero-order valence-corrected chi connectivity index (χ0v) is 12.7. The van der Waals surface area contributed by atoms with E-state index in [1.807, 2.05) is 0 Å². The summed E-state index contributed by atoms with van der Waals surface area (Å²) in [4.78, 5) is 13.4. The van der Waals surface area contributed by atoms with Crippen molar-refractivity contribution in [2.24, 2.45) is 0 Å². The Labute approximate surface area is 130 Å². The number of carbonyl (C=O) groups excluding carboxylic acids is 1. The molecule has 0 bridgehead atoms. The monoisotopic (exact) mass is 354 g/mol. The highest BCUT2D eigenvalue weighted by atomic mass is 32.2. The fourth-order valence-corrected chi connectivity index (χ4v) is 3.41. The normalized spacial score (nSPS) is 18.6. The molecule has 128 valence electrons. The molecule has 1 heterocycles. The van der Waals surface area contributed by atoms with Gasteiger partial charge in [-0.2, -0.15) is 13.2 Å². The predicted molar refractivity (Wildman–Crippen MR) is 75.1 cm³/mol. The molecule has 5 nitrogen and oxygen atoms in total. The van der Waals surface area contributed by atoms with Gasteiger partial charge in [-0.15, -0.1) is 0 Å². The van der Waals surface area contributed by atoms with Crippen molar-refractivity contribution in [3.8, 4) is 0 Å². The third-order valence-electron chi connectivity index (χ3n) is 3.36. The molecule has 0 atom stereocenters. The van der Waals surface area contributed by atoms with Gasteiger partial charge in [-0.25, -0.2) is 12.8 Å². The Kier molecular flexibility index (Phi) is 4.95. The summed E-state index contributed by atoms with van der Waals surface area (Å²) in [6, 6.07) is 2.18. The first-order valence-corrected chi connectivity index (χ1v) is 8.48. The van der Waals surface area contributed by atoms with Crippen molar-refractivity contribution in [2.45, 2.75) is 6.18 Å². The van der Waals surface area contributed by atoms with Crippen molar-refractivity contribution in [3.63, 3.8) is 0 Å². The Morgan fingerprint density at radius 1 is 1.22 bits per heavy atom. The summed E-state index contributed by atoms with van der Waals surface area (Å²) in [5, 5.41) is 2.25. The summed E-state index contributed by atoms with van der Waals surface area (Å²) in [7, 11) is -3.08. The van der Waals surface area contributed by atoms with Crippen molar-refractivity contribution < 1.29 is 30.8 Å². The van der Waals surface area contributed by atoms with Crippen LogP contribution in [0.2, 0.25) is 0 Å². The second kappa shape index (κ2) is 6.44. The lowest BCUT2D eigenvalue weighted by Crippen LogP contribution is -2.43. The molecule has 1 N–H and O–H groups in total. The number of anilines is 1. The minimum Gasteiger partial charge on any atom is -0.325 e. The van der Waals surface area contributed by atoms with Gasteiger partial charge in [0.05, 0.1) is 23.6 Å². The molecule has 1 aromatic rings. The summed E-state index contributed by atoms with van der Waals surface area (Å²) < 4.78 is 73.5. The zero-order chi connectivity index (χ0) is 17.3. The van der Waals surface area contributed by atoms with E-state index in [-0.39, 0.29) is 36.8 Å². The van der Waals surface area contributed by atoms with Gasteiger partial charge in [-0.1, -0.05) is 0 Å². The summed E-state index contributed by atoms with van der Waals surface area (Å²) in [6.45, 7) is 0.230. The molecule has 1 aliphatic rings. The molecule has 0 unspecified atom stereocenters. The number of nitrogens with one attached hydrogen (secondary N) is 1. The topological polar surface area (TPSA) is 66.5 Å². The number of alkyl halides is 3. The lowest BCUT2D eigenvalue weighted by atomic mass is 10.2. The SMILES string of the molecule is O=C(CN1CCS(=O)(=O)CC1)Nc1ccc(F)c(C(F)(F)F)c1. The van der Waals surface area contributed by atoms with Gasteiger partial charge in [0.1, 0.15) is 5.82 Å². The number of halogens is 4. The van der Waals surface area contributed by atoms with Crippen LogP contribution in [0.3, 0.4) is 0 Å². The van der Waals surface area contributed by atoms with Crippen molar-refractivity contribution >= 4 is 21.4 Å². The zero-order valence-electron chi connectivity index (χ0n) is 11.9. The van der Waals surface area contributed by atoms with Crippen LogP contribution in [0.25, 0.3) is 0 Å². The van der Waals surface area contributed by atoms with Gasteiger partial charge in [0.15, 0.2) is 9.84 Å². The number of hydrogen-bond acceptors (Lipinski definition) is 4. The van der Waals surface area contributed by atoms with Gasteiger partial charge in [0.25, 0.3) is 0 Å². The Hall–Kier alpha value is -1.68. The standard InChI is InChI=1S/C13H14F4N2O3S/c14-11-2-1-9(7-10(11)13(15,16)17)18-12(20)8-19-3-5-23(21,22)6-4-19/h1-2,7H,3-6,8H2,(H,18,20). The van der Waals surface area contributed by atoms with Crippen LogP contribution in [0.1, 0.15) is 5.56 Å². The minimum absolute atomic E-state index is 0.0605. The highest BCUT2D eigenvalue weighted by molar-refractivity contribution is 7.91. The number of carbonyl (C=O) groups is 1. The van der Waals surface area contributed by atoms with E-state index in [0.29, 0.717) is 12.1 Å². The number of benzene rings is 1. The molecular weight excluding hydrogens is 340 g/mol. The molecule has 0 spiro atoms. The van der Waals surface area contributed by atoms with Gasteiger partial charge in [0.2, 0.25) is 5.91 Å². The summed E-state index contributed by atoms with van der Waals surface area (Å²) in [6.07, 6.45) is -4.86. The number of nitrogens with zero attached hydrogens (tertiary/aromatic N) is 1. The lowest BCUT2D eigenvalue weighted by molar-refractivity contribution is -0.140. The van der Waals surface area contributed by atoms with Crippen LogP contribution in [-0.4, -0.2) is 50.4 Å². The van der Waals surface area contributed by atoms with Crippen molar-refractivity contribution in [2.75, 3.05) is 36.5 Å². The minimum atomic E-state index is -4.86. The van der Waals surface area contributed by atoms with E-state index in [9.17, 15) is 30.8 Å². The van der Waals surface area contributed by atoms with Gasteiger partial charge >= 0.3 is 6.18 Å². The maximum atomic E-state index is 13.2. The van der Waals surface area contributed by atoms with Crippen LogP contribution in [0.15, 0.2) is 18.2 Å². The average molecular weight is 354 g/mol. The number of amides is 1. The fourth-order valence-electron chi connectivity index (χ4n) is 2.13. The van der Waals surface area contributed by atoms with E-state index in [0.717, 1.165) is 6.07 Å². The summed E-state index contributed by atoms with van der Waals surface area (Å²) in [5.74, 6) is -2.13. The first-order chi connectivity index (χ1) is 10.6. The second-order valence-electron chi connectivity index (χ2n) is 5.17. The molecule has 0 aliphatic carbocycles. The van der Waals surface area contributed by atoms with Gasteiger partial charge in [-0.3, -0.25) is 9.69 Å². The maximum Gasteiger partial charge on any atom is 0.419 e. The highest BCUT2D eigenvalue weighted by Crippen LogP contribution is 2.32. The van der Waals surface area contributed by atoms with Crippen LogP contribution >= 0.6 is 0 Å². The van der Waals surface area contributed by atoms with E-state index in [1.165, 1.54) is 0 Å². The Bertz CT molecular complexity index is 690. The third kappa shape index (κ3) is 4.90. The van der Waals surface area contributed by atoms with Gasteiger partial charge < -0.3 is 5.32 Å². The Morgan fingerprint density at radius 3 is 2.39 bits per heavy atom. The van der Waals surface area contributed by atoms with E-state index in [4.69, 9.17) is 0 Å². The number of rotatable bonds is 3. The van der Waals surface area contributed by atoms with E-state index in [1.54, 1.807) is 4.90 Å². The van der Waals surface area contributed by atoms with Crippen LogP contribution in [0.5, 0.6) is 0 Å². The van der Waals surface area contributed by atoms with E-state index < -0.39 is 33.3 Å². The fraction of sp³-hybridized carbons (Fsp3) is 0.462. The molecule has 10 heteroatoms. The average Bonchev–Trinajstić information content (AvgIpc) is 2.42.